The summed E-state index contributed by atoms with van der Waals surface area (Å²) in [7, 11) is 0. The molecule has 1 N–H and O–H groups in total. The minimum absolute atomic E-state index is 0.0752. The molecule has 4 aliphatic rings. The fourth-order valence-corrected chi connectivity index (χ4v) is 3.57. The third kappa shape index (κ3) is 0.807. The zero-order valence-corrected chi connectivity index (χ0v) is 6.87. The molecular formula is C10H16O. The molecule has 0 amide bonds. The zero-order chi connectivity index (χ0) is 7.42. The molecule has 4 saturated carbocycles. The first-order valence-electron chi connectivity index (χ1n) is 5.04. The summed E-state index contributed by atoms with van der Waals surface area (Å²) >= 11 is 0. The van der Waals surface area contributed by atoms with Crippen LogP contribution in [0.4, 0.5) is 0 Å². The van der Waals surface area contributed by atoms with Gasteiger partial charge in [0, 0.05) is 0 Å². The summed E-state index contributed by atoms with van der Waals surface area (Å²) in [6, 6.07) is 0. The lowest BCUT2D eigenvalue weighted by atomic mass is 9.82. The van der Waals surface area contributed by atoms with Crippen LogP contribution in [-0.4, -0.2) is 11.2 Å². The van der Waals surface area contributed by atoms with Gasteiger partial charge in [-0.05, 0) is 42.9 Å². The Balaban J connectivity index is 1.91. The molecule has 0 aromatic heterocycles. The van der Waals surface area contributed by atoms with Crippen molar-refractivity contribution in [2.45, 2.75) is 38.2 Å². The molecule has 0 spiro atoms. The second-order valence-corrected chi connectivity index (χ2v) is 4.72. The van der Waals surface area contributed by atoms with E-state index >= 15 is 0 Å². The fourth-order valence-electron chi connectivity index (χ4n) is 3.57. The number of rotatable bonds is 0. The van der Waals surface area contributed by atoms with Gasteiger partial charge >= 0.3 is 0 Å². The molecule has 4 fully saturated rings. The zero-order valence-electron chi connectivity index (χ0n) is 6.87. The van der Waals surface area contributed by atoms with Crippen LogP contribution in [0, 0.1) is 23.7 Å². The molecule has 0 aliphatic heterocycles. The lowest BCUT2D eigenvalue weighted by Crippen LogP contribution is -2.28. The maximum atomic E-state index is 9.78. The lowest BCUT2D eigenvalue weighted by Gasteiger charge is -2.27. The fraction of sp³-hybridized carbons (Fsp3) is 1.00. The van der Waals surface area contributed by atoms with Gasteiger partial charge < -0.3 is 5.11 Å². The van der Waals surface area contributed by atoms with Crippen LogP contribution >= 0.6 is 0 Å². The predicted molar refractivity (Wildman–Crippen MR) is 43.1 cm³/mol. The summed E-state index contributed by atoms with van der Waals surface area (Å²) in [5, 5.41) is 9.78. The molecule has 2 bridgehead atoms. The summed E-state index contributed by atoms with van der Waals surface area (Å²) in [4.78, 5) is 0. The van der Waals surface area contributed by atoms with E-state index in [1.807, 2.05) is 0 Å². The van der Waals surface area contributed by atoms with Crippen LogP contribution in [0.5, 0.6) is 0 Å². The molecule has 0 radical (unpaired) electrons. The average Bonchev–Trinajstić information content (AvgIpc) is 2.65. The normalized spacial score (nSPS) is 60.3. The van der Waals surface area contributed by atoms with Gasteiger partial charge in [0.15, 0.2) is 0 Å². The molecule has 5 unspecified atom stereocenters. The summed E-state index contributed by atoms with van der Waals surface area (Å²) in [5.41, 5.74) is 0. The Hall–Kier alpha value is -0.0400. The molecule has 0 saturated heterocycles. The first kappa shape index (κ1) is 6.47. The molecular weight excluding hydrogens is 136 g/mol. The Bertz CT molecular complexity index is 176. The van der Waals surface area contributed by atoms with Crippen molar-refractivity contribution in [3.8, 4) is 0 Å². The summed E-state index contributed by atoms with van der Waals surface area (Å²) in [5.74, 6) is 3.62. The third-order valence-electron chi connectivity index (χ3n) is 4.20. The third-order valence-corrected chi connectivity index (χ3v) is 4.20. The van der Waals surface area contributed by atoms with Crippen molar-refractivity contribution in [2.75, 3.05) is 0 Å². The number of aliphatic hydroxyl groups is 1. The van der Waals surface area contributed by atoms with E-state index in [9.17, 15) is 5.11 Å². The number of hydrogen-bond donors (Lipinski definition) is 1. The summed E-state index contributed by atoms with van der Waals surface area (Å²) < 4.78 is 0. The Morgan fingerprint density at radius 3 is 2.73 bits per heavy atom. The molecule has 11 heavy (non-hydrogen) atoms. The van der Waals surface area contributed by atoms with Crippen molar-refractivity contribution in [1.29, 1.82) is 0 Å². The van der Waals surface area contributed by atoms with Crippen molar-refractivity contribution in [1.82, 2.24) is 0 Å². The van der Waals surface area contributed by atoms with Crippen LogP contribution in [0.1, 0.15) is 32.1 Å². The first-order valence-corrected chi connectivity index (χ1v) is 5.04. The van der Waals surface area contributed by atoms with Crippen LogP contribution in [-0.2, 0) is 0 Å². The van der Waals surface area contributed by atoms with Crippen molar-refractivity contribution >= 4 is 0 Å². The highest BCUT2D eigenvalue weighted by Crippen LogP contribution is 2.60. The molecule has 0 aromatic carbocycles. The molecule has 0 heterocycles. The molecule has 62 valence electrons. The number of fused-ring (bicyclic) bond motifs is 3. The van der Waals surface area contributed by atoms with Crippen LogP contribution in [0.15, 0.2) is 0 Å². The predicted octanol–water partition coefficient (Wildman–Crippen LogP) is 1.80. The topological polar surface area (TPSA) is 20.2 Å². The van der Waals surface area contributed by atoms with Crippen LogP contribution in [0.25, 0.3) is 0 Å². The van der Waals surface area contributed by atoms with Gasteiger partial charge in [0.2, 0.25) is 0 Å². The molecule has 4 rings (SSSR count). The van der Waals surface area contributed by atoms with Gasteiger partial charge in [-0.1, -0.05) is 12.8 Å². The monoisotopic (exact) mass is 152 g/mol. The van der Waals surface area contributed by atoms with Crippen LogP contribution in [0.2, 0.25) is 0 Å². The van der Waals surface area contributed by atoms with Gasteiger partial charge in [-0.15, -0.1) is 0 Å². The maximum absolute atomic E-state index is 9.78. The lowest BCUT2D eigenvalue weighted by molar-refractivity contribution is 0.0492. The van der Waals surface area contributed by atoms with E-state index in [4.69, 9.17) is 0 Å². The van der Waals surface area contributed by atoms with E-state index in [0.29, 0.717) is 5.92 Å². The standard InChI is InChI=1S/C10H16O/c11-10-4-6-2-1-3-7(10)9-5-8(6)9/h6-11H,1-5H2. The molecule has 5 atom stereocenters. The second kappa shape index (κ2) is 2.01. The SMILES string of the molecule is OC1CC2CCCC1C1CC21. The highest BCUT2D eigenvalue weighted by atomic mass is 16.3. The highest BCUT2D eigenvalue weighted by Gasteiger charge is 2.54. The molecule has 1 heteroatoms. The quantitative estimate of drug-likeness (QED) is 0.561. The minimum Gasteiger partial charge on any atom is -0.393 e. The largest absolute Gasteiger partial charge is 0.393 e. The van der Waals surface area contributed by atoms with Gasteiger partial charge in [-0.25, -0.2) is 0 Å². The smallest absolute Gasteiger partial charge is 0.0573 e. The summed E-state index contributed by atoms with van der Waals surface area (Å²) in [6.07, 6.45) is 6.77. The van der Waals surface area contributed by atoms with Crippen LogP contribution in [0.3, 0.4) is 0 Å². The van der Waals surface area contributed by atoms with Crippen molar-refractivity contribution in [3.05, 3.63) is 0 Å². The molecule has 1 nitrogen and oxygen atoms in total. The van der Waals surface area contributed by atoms with Crippen molar-refractivity contribution in [2.24, 2.45) is 23.7 Å². The second-order valence-electron chi connectivity index (χ2n) is 4.72. The maximum Gasteiger partial charge on any atom is 0.0573 e. The van der Waals surface area contributed by atoms with E-state index in [1.165, 1.54) is 25.7 Å². The van der Waals surface area contributed by atoms with E-state index < -0.39 is 0 Å². The van der Waals surface area contributed by atoms with E-state index in [2.05, 4.69) is 0 Å². The van der Waals surface area contributed by atoms with Gasteiger partial charge in [-0.2, -0.15) is 0 Å². The van der Waals surface area contributed by atoms with Gasteiger partial charge in [0.05, 0.1) is 6.10 Å². The van der Waals surface area contributed by atoms with Crippen molar-refractivity contribution < 1.29 is 5.11 Å². The number of aliphatic hydroxyl groups excluding tert-OH is 1. The van der Waals surface area contributed by atoms with Gasteiger partial charge in [0.1, 0.15) is 0 Å². The first-order chi connectivity index (χ1) is 5.36. The van der Waals surface area contributed by atoms with Gasteiger partial charge in [-0.3, -0.25) is 0 Å². The molecule has 0 aromatic rings. The molecule has 4 aliphatic carbocycles. The average molecular weight is 152 g/mol. The van der Waals surface area contributed by atoms with E-state index in [0.717, 1.165) is 24.2 Å². The Morgan fingerprint density at radius 2 is 1.82 bits per heavy atom. The minimum atomic E-state index is 0.0752. The summed E-state index contributed by atoms with van der Waals surface area (Å²) in [6.45, 7) is 0. The highest BCUT2D eigenvalue weighted by molar-refractivity contribution is 5.04. The van der Waals surface area contributed by atoms with Gasteiger partial charge in [0.25, 0.3) is 0 Å². The Labute approximate surface area is 67.8 Å². The number of hydrogen-bond acceptors (Lipinski definition) is 1. The van der Waals surface area contributed by atoms with Crippen LogP contribution < -0.4 is 0 Å². The Morgan fingerprint density at radius 1 is 0.909 bits per heavy atom. The van der Waals surface area contributed by atoms with Crippen molar-refractivity contribution in [3.63, 3.8) is 0 Å². The van der Waals surface area contributed by atoms with E-state index in [1.54, 1.807) is 0 Å². The van der Waals surface area contributed by atoms with E-state index in [-0.39, 0.29) is 6.10 Å². The Kier molecular flexibility index (Phi) is 1.18.